The molecule has 2 aliphatic carbocycles. The Morgan fingerprint density at radius 2 is 2.06 bits per heavy atom. The monoisotopic (exact) mass is 230 g/mol. The van der Waals surface area contributed by atoms with Crippen LogP contribution < -0.4 is 4.74 Å². The maximum absolute atomic E-state index is 12.2. The van der Waals surface area contributed by atoms with Gasteiger partial charge < -0.3 is 4.74 Å². The molecule has 1 fully saturated rings. The molecule has 1 aromatic rings. The zero-order valence-electron chi connectivity index (χ0n) is 9.73. The molecule has 0 bridgehead atoms. The highest BCUT2D eigenvalue weighted by Crippen LogP contribution is 2.46. The highest BCUT2D eigenvalue weighted by Gasteiger charge is 2.43. The fraction of sp³-hybridized carbons (Fsp3) is 0.429. The number of ether oxygens (including phenoxy) is 1. The number of carbonyl (C=O) groups is 2. The Balaban J connectivity index is 2.05. The summed E-state index contributed by atoms with van der Waals surface area (Å²) in [5.41, 5.74) is 1.86. The molecule has 0 aromatic heterocycles. The molecule has 3 rings (SSSR count). The van der Waals surface area contributed by atoms with Crippen LogP contribution in [0.5, 0.6) is 5.75 Å². The predicted octanol–water partition coefficient (Wildman–Crippen LogP) is 2.34. The van der Waals surface area contributed by atoms with Crippen LogP contribution in [0.4, 0.5) is 0 Å². The van der Waals surface area contributed by atoms with Crippen molar-refractivity contribution < 1.29 is 14.3 Å². The van der Waals surface area contributed by atoms with E-state index in [0.29, 0.717) is 18.6 Å². The summed E-state index contributed by atoms with van der Waals surface area (Å²) in [6.07, 6.45) is 1.84. The van der Waals surface area contributed by atoms with E-state index < -0.39 is 0 Å². The first kappa shape index (κ1) is 10.5. The fourth-order valence-electron chi connectivity index (χ4n) is 3.05. The normalized spacial score (nSPS) is 26.6. The van der Waals surface area contributed by atoms with Crippen molar-refractivity contribution in [2.45, 2.75) is 25.2 Å². The number of Topliss-reactive ketones (excluding diaryl/α,β-unsaturated/α-hetero) is 2. The second kappa shape index (κ2) is 3.69. The van der Waals surface area contributed by atoms with Gasteiger partial charge in [-0.05, 0) is 30.0 Å². The Kier molecular flexibility index (Phi) is 2.28. The predicted molar refractivity (Wildman–Crippen MR) is 62.4 cm³/mol. The van der Waals surface area contributed by atoms with Crippen molar-refractivity contribution in [3.63, 3.8) is 0 Å². The van der Waals surface area contributed by atoms with Gasteiger partial charge in [-0.3, -0.25) is 9.59 Å². The van der Waals surface area contributed by atoms with E-state index >= 15 is 0 Å². The number of carbonyl (C=O) groups excluding carboxylic acids is 2. The molecule has 1 aromatic carbocycles. The molecule has 2 aliphatic rings. The van der Waals surface area contributed by atoms with Crippen LogP contribution in [0, 0.1) is 5.92 Å². The van der Waals surface area contributed by atoms with Gasteiger partial charge in [0.05, 0.1) is 7.11 Å². The Labute approximate surface area is 99.8 Å². The highest BCUT2D eigenvalue weighted by atomic mass is 16.5. The molecule has 0 aliphatic heterocycles. The topological polar surface area (TPSA) is 43.4 Å². The standard InChI is InChI=1S/C14H14O3/c1-17-9-3-5-11-10-4-2-8(15)6-12(10)14(16)13(11)7-9/h3,5,7,10,12H,2,4,6H2,1H3/t10-,12+/m0/s1. The lowest BCUT2D eigenvalue weighted by Gasteiger charge is -2.23. The molecule has 88 valence electrons. The molecule has 17 heavy (non-hydrogen) atoms. The second-order valence-electron chi connectivity index (χ2n) is 4.81. The van der Waals surface area contributed by atoms with Gasteiger partial charge in [-0.1, -0.05) is 6.07 Å². The van der Waals surface area contributed by atoms with E-state index in [4.69, 9.17) is 4.74 Å². The van der Waals surface area contributed by atoms with Crippen LogP contribution in [0.1, 0.15) is 41.1 Å². The maximum atomic E-state index is 12.2. The van der Waals surface area contributed by atoms with E-state index in [-0.39, 0.29) is 23.4 Å². The van der Waals surface area contributed by atoms with Gasteiger partial charge in [-0.25, -0.2) is 0 Å². The molecule has 2 atom stereocenters. The number of hydrogen-bond donors (Lipinski definition) is 0. The largest absolute Gasteiger partial charge is 0.497 e. The Morgan fingerprint density at radius 1 is 1.24 bits per heavy atom. The van der Waals surface area contributed by atoms with Crippen LogP contribution in [0.15, 0.2) is 18.2 Å². The highest BCUT2D eigenvalue weighted by molar-refractivity contribution is 6.06. The molecule has 0 saturated heterocycles. The molecular formula is C14H14O3. The van der Waals surface area contributed by atoms with Crippen LogP contribution in [-0.4, -0.2) is 18.7 Å². The van der Waals surface area contributed by atoms with Crippen molar-refractivity contribution in [2.75, 3.05) is 7.11 Å². The first-order chi connectivity index (χ1) is 8.20. The van der Waals surface area contributed by atoms with Crippen molar-refractivity contribution in [2.24, 2.45) is 5.92 Å². The van der Waals surface area contributed by atoms with Gasteiger partial charge in [0.25, 0.3) is 0 Å². The quantitative estimate of drug-likeness (QED) is 0.743. The molecular weight excluding hydrogens is 216 g/mol. The van der Waals surface area contributed by atoms with Crippen molar-refractivity contribution in [3.8, 4) is 5.75 Å². The summed E-state index contributed by atoms with van der Waals surface area (Å²) >= 11 is 0. The molecule has 0 N–H and O–H groups in total. The third-order valence-corrected chi connectivity index (χ3v) is 3.93. The van der Waals surface area contributed by atoms with Gasteiger partial charge in [0.1, 0.15) is 11.5 Å². The van der Waals surface area contributed by atoms with Crippen molar-refractivity contribution in [3.05, 3.63) is 29.3 Å². The number of benzene rings is 1. The molecule has 3 nitrogen and oxygen atoms in total. The van der Waals surface area contributed by atoms with E-state index in [1.54, 1.807) is 13.2 Å². The summed E-state index contributed by atoms with van der Waals surface area (Å²) in [6.45, 7) is 0. The zero-order chi connectivity index (χ0) is 12.0. The minimum atomic E-state index is -0.113. The Bertz CT molecular complexity index is 504. The van der Waals surface area contributed by atoms with E-state index in [9.17, 15) is 9.59 Å². The third-order valence-electron chi connectivity index (χ3n) is 3.93. The first-order valence-electron chi connectivity index (χ1n) is 5.94. The van der Waals surface area contributed by atoms with Crippen LogP contribution in [0.25, 0.3) is 0 Å². The Morgan fingerprint density at radius 3 is 2.82 bits per heavy atom. The van der Waals surface area contributed by atoms with Crippen LogP contribution in [0.3, 0.4) is 0 Å². The second-order valence-corrected chi connectivity index (χ2v) is 4.81. The smallest absolute Gasteiger partial charge is 0.167 e. The van der Waals surface area contributed by atoms with Crippen molar-refractivity contribution in [1.82, 2.24) is 0 Å². The van der Waals surface area contributed by atoms with Crippen LogP contribution >= 0.6 is 0 Å². The number of hydrogen-bond acceptors (Lipinski definition) is 3. The molecule has 3 heteroatoms. The van der Waals surface area contributed by atoms with Gasteiger partial charge in [-0.15, -0.1) is 0 Å². The van der Waals surface area contributed by atoms with E-state index in [1.807, 2.05) is 12.1 Å². The lowest BCUT2D eigenvalue weighted by atomic mass is 9.79. The molecule has 0 heterocycles. The van der Waals surface area contributed by atoms with Gasteiger partial charge in [0.2, 0.25) is 0 Å². The lowest BCUT2D eigenvalue weighted by molar-refractivity contribution is -0.121. The number of methoxy groups -OCH3 is 1. The first-order valence-corrected chi connectivity index (χ1v) is 5.94. The molecule has 0 amide bonds. The average molecular weight is 230 g/mol. The molecule has 0 radical (unpaired) electrons. The zero-order valence-corrected chi connectivity index (χ0v) is 9.73. The molecule has 1 saturated carbocycles. The summed E-state index contributed by atoms with van der Waals surface area (Å²) in [5.74, 6) is 1.19. The summed E-state index contributed by atoms with van der Waals surface area (Å²) in [4.78, 5) is 23.7. The molecule has 0 unspecified atom stereocenters. The minimum Gasteiger partial charge on any atom is -0.497 e. The maximum Gasteiger partial charge on any atom is 0.167 e. The van der Waals surface area contributed by atoms with E-state index in [1.165, 1.54) is 0 Å². The fourth-order valence-corrected chi connectivity index (χ4v) is 3.05. The summed E-state index contributed by atoms with van der Waals surface area (Å²) < 4.78 is 5.14. The minimum absolute atomic E-state index is 0.113. The van der Waals surface area contributed by atoms with Gasteiger partial charge in [0.15, 0.2) is 5.78 Å². The summed E-state index contributed by atoms with van der Waals surface area (Å²) in [6, 6.07) is 5.68. The van der Waals surface area contributed by atoms with E-state index in [0.717, 1.165) is 17.5 Å². The third kappa shape index (κ3) is 1.49. The summed E-state index contributed by atoms with van der Waals surface area (Å²) in [5, 5.41) is 0. The SMILES string of the molecule is COc1ccc2c(c1)C(=O)[C@@H]1CC(=O)CC[C@@H]21. The Hall–Kier alpha value is -1.64. The van der Waals surface area contributed by atoms with Crippen LogP contribution in [-0.2, 0) is 4.79 Å². The number of fused-ring (bicyclic) bond motifs is 3. The van der Waals surface area contributed by atoms with E-state index in [2.05, 4.69) is 0 Å². The summed E-state index contributed by atoms with van der Waals surface area (Å²) in [7, 11) is 1.59. The van der Waals surface area contributed by atoms with Crippen molar-refractivity contribution >= 4 is 11.6 Å². The van der Waals surface area contributed by atoms with Crippen molar-refractivity contribution in [1.29, 1.82) is 0 Å². The lowest BCUT2D eigenvalue weighted by Crippen LogP contribution is -2.23. The van der Waals surface area contributed by atoms with Gasteiger partial charge in [-0.2, -0.15) is 0 Å². The number of rotatable bonds is 1. The average Bonchev–Trinajstić information content (AvgIpc) is 2.62. The molecule has 0 spiro atoms. The van der Waals surface area contributed by atoms with Gasteiger partial charge >= 0.3 is 0 Å². The van der Waals surface area contributed by atoms with Crippen LogP contribution in [0.2, 0.25) is 0 Å². The van der Waals surface area contributed by atoms with Gasteiger partial charge in [0, 0.05) is 24.3 Å². The number of ketones is 2.